The van der Waals surface area contributed by atoms with Crippen molar-refractivity contribution in [2.24, 2.45) is 0 Å². The molecule has 0 spiro atoms. The van der Waals surface area contributed by atoms with Gasteiger partial charge in [-0.1, -0.05) is 34.1 Å². The van der Waals surface area contributed by atoms with Crippen molar-refractivity contribution < 1.29 is 9.47 Å². The molecule has 2 rings (SSSR count). The van der Waals surface area contributed by atoms with E-state index in [2.05, 4.69) is 15.9 Å². The molecular formula is C16H17BrO2. The zero-order chi connectivity index (χ0) is 13.8. The van der Waals surface area contributed by atoms with E-state index in [9.17, 15) is 0 Å². The molecule has 0 saturated heterocycles. The fourth-order valence-corrected chi connectivity index (χ4v) is 2.25. The summed E-state index contributed by atoms with van der Waals surface area (Å²) >= 11 is 3.60. The third-order valence-electron chi connectivity index (χ3n) is 3.02. The Balaban J connectivity index is 2.20. The van der Waals surface area contributed by atoms with Gasteiger partial charge in [0, 0.05) is 10.0 Å². The van der Waals surface area contributed by atoms with E-state index in [-0.39, 0.29) is 0 Å². The normalized spacial score (nSPS) is 10.3. The average molecular weight is 321 g/mol. The van der Waals surface area contributed by atoms with Gasteiger partial charge in [0.25, 0.3) is 0 Å². The van der Waals surface area contributed by atoms with Crippen LogP contribution >= 0.6 is 15.9 Å². The molecule has 0 N–H and O–H groups in total. The molecule has 0 saturated carbocycles. The van der Waals surface area contributed by atoms with E-state index in [4.69, 9.17) is 9.47 Å². The molecule has 0 atom stereocenters. The third kappa shape index (κ3) is 3.29. The second kappa shape index (κ2) is 6.11. The highest BCUT2D eigenvalue weighted by molar-refractivity contribution is 9.10. The highest BCUT2D eigenvalue weighted by atomic mass is 79.9. The van der Waals surface area contributed by atoms with E-state index in [1.54, 1.807) is 7.11 Å². The minimum absolute atomic E-state index is 0.517. The Morgan fingerprint density at radius 1 is 1.05 bits per heavy atom. The van der Waals surface area contributed by atoms with Crippen LogP contribution in [0.15, 0.2) is 40.9 Å². The van der Waals surface area contributed by atoms with E-state index in [1.807, 2.05) is 50.2 Å². The maximum atomic E-state index is 5.87. The van der Waals surface area contributed by atoms with Gasteiger partial charge in [0.1, 0.15) is 18.1 Å². The standard InChI is InChI=1S/C16H17BrO2/c1-11-6-4-5-7-15(11)19-10-13-9-14(18-3)8-12(2)16(13)17/h4-9H,10H2,1-3H3. The summed E-state index contributed by atoms with van der Waals surface area (Å²) < 4.78 is 12.2. The molecule has 19 heavy (non-hydrogen) atoms. The first-order valence-electron chi connectivity index (χ1n) is 6.13. The molecule has 0 aromatic heterocycles. The first-order chi connectivity index (χ1) is 9.11. The molecule has 0 aliphatic rings. The monoisotopic (exact) mass is 320 g/mol. The molecule has 0 radical (unpaired) electrons. The van der Waals surface area contributed by atoms with Crippen LogP contribution in [0.4, 0.5) is 0 Å². The molecular weight excluding hydrogens is 304 g/mol. The maximum absolute atomic E-state index is 5.87. The summed E-state index contributed by atoms with van der Waals surface area (Å²) in [6, 6.07) is 12.0. The van der Waals surface area contributed by atoms with E-state index in [0.29, 0.717) is 6.61 Å². The largest absolute Gasteiger partial charge is 0.497 e. The second-order valence-electron chi connectivity index (χ2n) is 4.47. The average Bonchev–Trinajstić information content (AvgIpc) is 2.42. The molecule has 3 heteroatoms. The van der Waals surface area contributed by atoms with Crippen molar-refractivity contribution in [2.45, 2.75) is 20.5 Å². The van der Waals surface area contributed by atoms with Gasteiger partial charge in [-0.2, -0.15) is 0 Å². The van der Waals surface area contributed by atoms with Crippen molar-refractivity contribution >= 4 is 15.9 Å². The van der Waals surface area contributed by atoms with E-state index in [0.717, 1.165) is 32.7 Å². The van der Waals surface area contributed by atoms with Crippen LogP contribution in [0.5, 0.6) is 11.5 Å². The Morgan fingerprint density at radius 3 is 2.47 bits per heavy atom. The van der Waals surface area contributed by atoms with Crippen molar-refractivity contribution in [2.75, 3.05) is 7.11 Å². The zero-order valence-electron chi connectivity index (χ0n) is 11.4. The molecule has 2 aromatic carbocycles. The predicted molar refractivity (Wildman–Crippen MR) is 80.9 cm³/mol. The van der Waals surface area contributed by atoms with Crippen molar-refractivity contribution in [3.63, 3.8) is 0 Å². The third-order valence-corrected chi connectivity index (χ3v) is 4.15. The molecule has 0 heterocycles. The van der Waals surface area contributed by atoms with Crippen LogP contribution in [0, 0.1) is 13.8 Å². The highest BCUT2D eigenvalue weighted by Gasteiger charge is 2.08. The zero-order valence-corrected chi connectivity index (χ0v) is 13.0. The lowest BCUT2D eigenvalue weighted by Crippen LogP contribution is -2.00. The quantitative estimate of drug-likeness (QED) is 0.816. The summed E-state index contributed by atoms with van der Waals surface area (Å²) in [4.78, 5) is 0. The van der Waals surface area contributed by atoms with Crippen molar-refractivity contribution in [3.8, 4) is 11.5 Å². The highest BCUT2D eigenvalue weighted by Crippen LogP contribution is 2.28. The van der Waals surface area contributed by atoms with Gasteiger partial charge >= 0.3 is 0 Å². The number of hydrogen-bond acceptors (Lipinski definition) is 2. The number of halogens is 1. The van der Waals surface area contributed by atoms with Gasteiger partial charge < -0.3 is 9.47 Å². The molecule has 2 aromatic rings. The van der Waals surface area contributed by atoms with Gasteiger partial charge in [-0.05, 0) is 43.2 Å². The number of hydrogen-bond donors (Lipinski definition) is 0. The number of benzene rings is 2. The molecule has 0 bridgehead atoms. The van der Waals surface area contributed by atoms with E-state index < -0.39 is 0 Å². The van der Waals surface area contributed by atoms with Crippen LogP contribution in [-0.4, -0.2) is 7.11 Å². The fraction of sp³-hybridized carbons (Fsp3) is 0.250. The first kappa shape index (κ1) is 13.9. The molecule has 0 aliphatic heterocycles. The van der Waals surface area contributed by atoms with Crippen molar-refractivity contribution in [1.29, 1.82) is 0 Å². The maximum Gasteiger partial charge on any atom is 0.122 e. The minimum Gasteiger partial charge on any atom is -0.497 e. The number of para-hydroxylation sites is 1. The molecule has 0 fully saturated rings. The Kier molecular flexibility index (Phi) is 4.48. The lowest BCUT2D eigenvalue weighted by Gasteiger charge is -2.13. The second-order valence-corrected chi connectivity index (χ2v) is 5.26. The summed E-state index contributed by atoms with van der Waals surface area (Å²) in [7, 11) is 1.68. The number of methoxy groups -OCH3 is 1. The molecule has 0 unspecified atom stereocenters. The summed E-state index contributed by atoms with van der Waals surface area (Å²) in [5, 5.41) is 0. The lowest BCUT2D eigenvalue weighted by atomic mass is 10.1. The first-order valence-corrected chi connectivity index (χ1v) is 6.92. The molecule has 100 valence electrons. The van der Waals surface area contributed by atoms with Crippen LogP contribution in [0.25, 0.3) is 0 Å². The van der Waals surface area contributed by atoms with Gasteiger partial charge in [-0.15, -0.1) is 0 Å². The molecule has 0 aliphatic carbocycles. The minimum atomic E-state index is 0.517. The van der Waals surface area contributed by atoms with E-state index >= 15 is 0 Å². The van der Waals surface area contributed by atoms with Gasteiger partial charge in [0.2, 0.25) is 0 Å². The van der Waals surface area contributed by atoms with Crippen LogP contribution in [0.1, 0.15) is 16.7 Å². The van der Waals surface area contributed by atoms with Crippen LogP contribution in [-0.2, 0) is 6.61 Å². The molecule has 0 amide bonds. The lowest BCUT2D eigenvalue weighted by molar-refractivity contribution is 0.302. The van der Waals surface area contributed by atoms with Gasteiger partial charge in [-0.3, -0.25) is 0 Å². The summed E-state index contributed by atoms with van der Waals surface area (Å²) in [6.07, 6.45) is 0. The smallest absolute Gasteiger partial charge is 0.122 e. The summed E-state index contributed by atoms with van der Waals surface area (Å²) in [5.74, 6) is 1.76. The Bertz CT molecular complexity index is 579. The Hall–Kier alpha value is -1.48. The molecule has 2 nitrogen and oxygen atoms in total. The van der Waals surface area contributed by atoms with Crippen molar-refractivity contribution in [3.05, 3.63) is 57.6 Å². The number of aryl methyl sites for hydroxylation is 2. The SMILES string of the molecule is COc1cc(C)c(Br)c(COc2ccccc2C)c1. The van der Waals surface area contributed by atoms with Gasteiger partial charge in [0.15, 0.2) is 0 Å². The van der Waals surface area contributed by atoms with Crippen LogP contribution < -0.4 is 9.47 Å². The summed E-state index contributed by atoms with van der Waals surface area (Å²) in [5.41, 5.74) is 3.36. The van der Waals surface area contributed by atoms with Crippen LogP contribution in [0.3, 0.4) is 0 Å². The fourth-order valence-electron chi connectivity index (χ4n) is 1.90. The van der Waals surface area contributed by atoms with Gasteiger partial charge in [-0.25, -0.2) is 0 Å². The Morgan fingerprint density at radius 2 is 1.79 bits per heavy atom. The number of rotatable bonds is 4. The topological polar surface area (TPSA) is 18.5 Å². The van der Waals surface area contributed by atoms with Crippen LogP contribution in [0.2, 0.25) is 0 Å². The van der Waals surface area contributed by atoms with Gasteiger partial charge in [0.05, 0.1) is 7.11 Å². The Labute approximate surface area is 122 Å². The van der Waals surface area contributed by atoms with Crippen molar-refractivity contribution in [1.82, 2.24) is 0 Å². The van der Waals surface area contributed by atoms with E-state index in [1.165, 1.54) is 0 Å². The predicted octanol–water partition coefficient (Wildman–Crippen LogP) is 4.65. The summed E-state index contributed by atoms with van der Waals surface area (Å²) in [6.45, 7) is 4.61. The number of ether oxygens (including phenoxy) is 2.